The van der Waals surface area contributed by atoms with Gasteiger partial charge in [-0.05, 0) is 41.5 Å². The molecule has 1 fully saturated rings. The molecule has 1 aliphatic heterocycles. The Balaban J connectivity index is 2.56. The standard InChI is InChI=1S/C14H26N2O4S/c1-13(2,3)20-12(17)16-7-8-19-11(10-16)9-15-21(18)14(4,5)6/h9,11H,7-8,10H2,1-6H3/t11-,21+/m0/s1. The van der Waals surface area contributed by atoms with E-state index in [0.717, 1.165) is 0 Å². The molecule has 0 aromatic carbocycles. The molecule has 122 valence electrons. The minimum atomic E-state index is -1.32. The highest BCUT2D eigenvalue weighted by Crippen LogP contribution is 2.17. The summed E-state index contributed by atoms with van der Waals surface area (Å²) < 4.78 is 26.3. The van der Waals surface area contributed by atoms with Crippen molar-refractivity contribution in [2.45, 2.75) is 58.0 Å². The molecule has 1 rings (SSSR count). The highest BCUT2D eigenvalue weighted by molar-refractivity contribution is 7.91. The largest absolute Gasteiger partial charge is 0.591 e. The fraction of sp³-hybridized carbons (Fsp3) is 0.857. The van der Waals surface area contributed by atoms with Crippen molar-refractivity contribution in [2.24, 2.45) is 4.40 Å². The molecule has 0 spiro atoms. The van der Waals surface area contributed by atoms with E-state index >= 15 is 0 Å². The van der Waals surface area contributed by atoms with Crippen molar-refractivity contribution in [2.75, 3.05) is 19.7 Å². The summed E-state index contributed by atoms with van der Waals surface area (Å²) in [5, 5.41) is 0. The molecule has 0 aromatic rings. The van der Waals surface area contributed by atoms with E-state index in [4.69, 9.17) is 9.47 Å². The zero-order valence-electron chi connectivity index (χ0n) is 13.7. The zero-order chi connectivity index (χ0) is 16.3. The number of ether oxygens (including phenoxy) is 2. The molecule has 0 unspecified atom stereocenters. The van der Waals surface area contributed by atoms with Gasteiger partial charge in [-0.3, -0.25) is 0 Å². The maximum absolute atomic E-state index is 12.0. The van der Waals surface area contributed by atoms with Crippen molar-refractivity contribution >= 4 is 23.7 Å². The smallest absolute Gasteiger partial charge is 0.410 e. The van der Waals surface area contributed by atoms with Crippen LogP contribution in [0.3, 0.4) is 0 Å². The third-order valence-electron chi connectivity index (χ3n) is 2.59. The Morgan fingerprint density at radius 3 is 2.52 bits per heavy atom. The van der Waals surface area contributed by atoms with Gasteiger partial charge in [0.15, 0.2) is 0 Å². The normalized spacial score (nSPS) is 22.4. The quantitative estimate of drug-likeness (QED) is 0.577. The van der Waals surface area contributed by atoms with Gasteiger partial charge in [-0.15, -0.1) is 0 Å². The van der Waals surface area contributed by atoms with Crippen molar-refractivity contribution in [3.63, 3.8) is 0 Å². The van der Waals surface area contributed by atoms with Gasteiger partial charge in [-0.25, -0.2) is 4.79 Å². The maximum atomic E-state index is 12.0. The predicted molar refractivity (Wildman–Crippen MR) is 83.9 cm³/mol. The molecule has 0 saturated carbocycles. The van der Waals surface area contributed by atoms with Crippen molar-refractivity contribution in [3.8, 4) is 0 Å². The summed E-state index contributed by atoms with van der Waals surface area (Å²) in [6.07, 6.45) is 0.816. The highest BCUT2D eigenvalue weighted by Gasteiger charge is 2.29. The Morgan fingerprint density at radius 2 is 2.00 bits per heavy atom. The van der Waals surface area contributed by atoms with E-state index in [9.17, 15) is 9.35 Å². The first-order chi connectivity index (χ1) is 9.49. The molecular weight excluding hydrogens is 292 g/mol. The van der Waals surface area contributed by atoms with Crippen LogP contribution >= 0.6 is 0 Å². The molecule has 7 heteroatoms. The molecule has 0 radical (unpaired) electrons. The maximum Gasteiger partial charge on any atom is 0.410 e. The summed E-state index contributed by atoms with van der Waals surface area (Å²) in [5.74, 6) is 0. The number of nitrogens with zero attached hydrogens (tertiary/aromatic N) is 2. The van der Waals surface area contributed by atoms with Crippen LogP contribution in [0.15, 0.2) is 4.40 Å². The zero-order valence-corrected chi connectivity index (χ0v) is 14.5. The van der Waals surface area contributed by atoms with E-state index in [1.165, 1.54) is 6.21 Å². The fourth-order valence-corrected chi connectivity index (χ4v) is 2.10. The molecule has 0 aliphatic carbocycles. The van der Waals surface area contributed by atoms with E-state index < -0.39 is 21.7 Å². The predicted octanol–water partition coefficient (Wildman–Crippen LogP) is 2.16. The summed E-state index contributed by atoms with van der Waals surface area (Å²) in [6, 6.07) is 0. The van der Waals surface area contributed by atoms with E-state index in [0.29, 0.717) is 19.7 Å². The summed E-state index contributed by atoms with van der Waals surface area (Å²) in [6.45, 7) is 12.3. The lowest BCUT2D eigenvalue weighted by molar-refractivity contribution is -0.0197. The van der Waals surface area contributed by atoms with Crippen LogP contribution in [0, 0.1) is 0 Å². The highest BCUT2D eigenvalue weighted by atomic mass is 32.2. The fourth-order valence-electron chi connectivity index (χ4n) is 1.54. The number of hydrogen-bond acceptors (Lipinski definition) is 5. The first-order valence-corrected chi connectivity index (χ1v) is 8.15. The van der Waals surface area contributed by atoms with Gasteiger partial charge >= 0.3 is 6.09 Å². The van der Waals surface area contributed by atoms with Crippen molar-refractivity contribution in [3.05, 3.63) is 0 Å². The SMILES string of the molecule is CC(C)(C)OC(=O)N1CCO[C@@H](C=N[S@+]([O-])C(C)(C)C)C1. The molecule has 6 nitrogen and oxygen atoms in total. The second-order valence-electron chi connectivity index (χ2n) is 6.95. The molecule has 0 bridgehead atoms. The summed E-state index contributed by atoms with van der Waals surface area (Å²) in [4.78, 5) is 13.6. The number of morpholine rings is 1. The third-order valence-corrected chi connectivity index (χ3v) is 3.95. The van der Waals surface area contributed by atoms with E-state index in [1.54, 1.807) is 4.90 Å². The summed E-state index contributed by atoms with van der Waals surface area (Å²) in [5.41, 5.74) is -0.521. The molecule has 0 N–H and O–H groups in total. The van der Waals surface area contributed by atoms with Crippen LogP contribution < -0.4 is 0 Å². The Hall–Kier alpha value is -0.790. The van der Waals surface area contributed by atoms with E-state index in [1.807, 2.05) is 41.5 Å². The van der Waals surface area contributed by atoms with Crippen LogP contribution in [0.1, 0.15) is 41.5 Å². The van der Waals surface area contributed by atoms with Crippen LogP contribution in [0.2, 0.25) is 0 Å². The van der Waals surface area contributed by atoms with Crippen LogP contribution in [0.25, 0.3) is 0 Å². The lowest BCUT2D eigenvalue weighted by Crippen LogP contribution is -2.48. The van der Waals surface area contributed by atoms with Gasteiger partial charge in [0.25, 0.3) is 0 Å². The van der Waals surface area contributed by atoms with Crippen LogP contribution in [-0.4, -0.2) is 57.9 Å². The van der Waals surface area contributed by atoms with Gasteiger partial charge in [-0.1, -0.05) is 4.40 Å². The molecule has 1 aliphatic rings. The number of carbonyl (C=O) groups excluding carboxylic acids is 1. The molecule has 1 saturated heterocycles. The summed E-state index contributed by atoms with van der Waals surface area (Å²) in [7, 11) is 0. The second kappa shape index (κ2) is 6.98. The molecule has 1 heterocycles. The number of amides is 1. The average molecular weight is 318 g/mol. The Morgan fingerprint density at radius 1 is 1.38 bits per heavy atom. The van der Waals surface area contributed by atoms with Crippen LogP contribution in [-0.2, 0) is 20.8 Å². The summed E-state index contributed by atoms with van der Waals surface area (Å²) >= 11 is -1.32. The average Bonchev–Trinajstić information content (AvgIpc) is 2.33. The van der Waals surface area contributed by atoms with E-state index in [-0.39, 0.29) is 12.2 Å². The first-order valence-electron chi connectivity index (χ1n) is 7.05. The van der Waals surface area contributed by atoms with Gasteiger partial charge in [0.05, 0.1) is 19.4 Å². The van der Waals surface area contributed by atoms with Gasteiger partial charge < -0.3 is 18.9 Å². The van der Waals surface area contributed by atoms with Crippen LogP contribution in [0.4, 0.5) is 4.79 Å². The second-order valence-corrected chi connectivity index (χ2v) is 8.89. The lowest BCUT2D eigenvalue weighted by Gasteiger charge is -2.32. The Labute approximate surface area is 130 Å². The molecule has 0 aromatic heterocycles. The number of rotatable bonds is 2. The minimum absolute atomic E-state index is 0.349. The van der Waals surface area contributed by atoms with Crippen LogP contribution in [0.5, 0.6) is 0 Å². The van der Waals surface area contributed by atoms with Crippen molar-refractivity contribution in [1.29, 1.82) is 0 Å². The van der Waals surface area contributed by atoms with Gasteiger partial charge in [0.1, 0.15) is 27.8 Å². The third kappa shape index (κ3) is 6.67. The van der Waals surface area contributed by atoms with Gasteiger partial charge in [0.2, 0.25) is 0 Å². The number of carbonyl (C=O) groups is 1. The van der Waals surface area contributed by atoms with E-state index in [2.05, 4.69) is 4.40 Å². The number of hydrogen-bond donors (Lipinski definition) is 0. The lowest BCUT2D eigenvalue weighted by atomic mass is 10.2. The van der Waals surface area contributed by atoms with Crippen molar-refractivity contribution < 1.29 is 18.8 Å². The topological polar surface area (TPSA) is 74.2 Å². The molecular formula is C14H26N2O4S. The monoisotopic (exact) mass is 318 g/mol. The van der Waals surface area contributed by atoms with Gasteiger partial charge in [0, 0.05) is 6.54 Å². The minimum Gasteiger partial charge on any atom is -0.591 e. The first kappa shape index (κ1) is 18.3. The Kier molecular flexibility index (Phi) is 6.07. The molecule has 21 heavy (non-hydrogen) atoms. The van der Waals surface area contributed by atoms with Gasteiger partial charge in [-0.2, -0.15) is 0 Å². The molecule has 1 amide bonds. The molecule has 2 atom stereocenters. The van der Waals surface area contributed by atoms with Crippen molar-refractivity contribution in [1.82, 2.24) is 4.90 Å². The Bertz CT molecular complexity index is 387.